The summed E-state index contributed by atoms with van der Waals surface area (Å²) in [5, 5.41) is 24.2. The number of benzene rings is 1. The Kier molecular flexibility index (Phi) is 4.30. The SMILES string of the molecule is CCc1ccc(-c2nnn(CC(=O)N[C@](C)(C#N)C3CC3)n2)cc1. The van der Waals surface area contributed by atoms with Crippen molar-refractivity contribution in [1.82, 2.24) is 25.5 Å². The number of aromatic nitrogens is 4. The Morgan fingerprint density at radius 2 is 2.12 bits per heavy atom. The van der Waals surface area contributed by atoms with Gasteiger partial charge in [0, 0.05) is 5.56 Å². The Bertz CT molecular complexity index is 771. The normalized spacial score (nSPS) is 16.2. The fourth-order valence-corrected chi connectivity index (χ4v) is 2.65. The van der Waals surface area contributed by atoms with Crippen LogP contribution in [0.25, 0.3) is 11.4 Å². The highest BCUT2D eigenvalue weighted by atomic mass is 16.2. The van der Waals surface area contributed by atoms with Gasteiger partial charge in [-0.15, -0.1) is 10.2 Å². The maximum atomic E-state index is 12.2. The van der Waals surface area contributed by atoms with Gasteiger partial charge < -0.3 is 5.32 Å². The first-order valence-electron chi connectivity index (χ1n) is 8.13. The third-order valence-corrected chi connectivity index (χ3v) is 4.38. The lowest BCUT2D eigenvalue weighted by molar-refractivity contribution is -0.123. The van der Waals surface area contributed by atoms with Gasteiger partial charge in [0.1, 0.15) is 12.1 Å². The van der Waals surface area contributed by atoms with Crippen molar-refractivity contribution in [2.75, 3.05) is 0 Å². The standard InChI is InChI=1S/C17H20N6O/c1-3-12-4-6-13(7-5-12)16-20-22-23(21-16)10-15(24)19-17(2,11-18)14-8-9-14/h4-7,14H,3,8-10H2,1-2H3,(H,19,24)/t17-/m1/s1. The predicted molar refractivity (Wildman–Crippen MR) is 87.5 cm³/mol. The summed E-state index contributed by atoms with van der Waals surface area (Å²) >= 11 is 0. The lowest BCUT2D eigenvalue weighted by atomic mass is 9.98. The minimum Gasteiger partial charge on any atom is -0.336 e. The maximum absolute atomic E-state index is 12.2. The molecule has 7 heteroatoms. The Morgan fingerprint density at radius 1 is 1.42 bits per heavy atom. The highest BCUT2D eigenvalue weighted by molar-refractivity contribution is 5.77. The molecule has 0 radical (unpaired) electrons. The third-order valence-electron chi connectivity index (χ3n) is 4.38. The van der Waals surface area contributed by atoms with Crippen molar-refractivity contribution in [3.63, 3.8) is 0 Å². The second kappa shape index (κ2) is 6.40. The third kappa shape index (κ3) is 3.43. The van der Waals surface area contributed by atoms with Crippen LogP contribution < -0.4 is 5.32 Å². The molecule has 0 saturated heterocycles. The Balaban J connectivity index is 1.65. The van der Waals surface area contributed by atoms with Crippen LogP contribution in [0, 0.1) is 17.2 Å². The van der Waals surface area contributed by atoms with Crippen LogP contribution in [0.5, 0.6) is 0 Å². The molecule has 2 aromatic rings. The second-order valence-corrected chi connectivity index (χ2v) is 6.33. The number of amides is 1. The molecule has 124 valence electrons. The molecular formula is C17H20N6O. The van der Waals surface area contributed by atoms with E-state index in [-0.39, 0.29) is 18.4 Å². The molecule has 1 atom stereocenters. The fraction of sp³-hybridized carbons (Fsp3) is 0.471. The zero-order valence-electron chi connectivity index (χ0n) is 13.9. The van der Waals surface area contributed by atoms with E-state index in [0.29, 0.717) is 5.82 Å². The topological polar surface area (TPSA) is 96.5 Å². The first-order chi connectivity index (χ1) is 11.5. The van der Waals surface area contributed by atoms with E-state index in [1.807, 2.05) is 24.3 Å². The van der Waals surface area contributed by atoms with Gasteiger partial charge >= 0.3 is 0 Å². The number of rotatable bonds is 6. The smallest absolute Gasteiger partial charge is 0.244 e. The van der Waals surface area contributed by atoms with Gasteiger partial charge in [-0.25, -0.2) is 0 Å². The summed E-state index contributed by atoms with van der Waals surface area (Å²) in [5.41, 5.74) is 1.29. The summed E-state index contributed by atoms with van der Waals surface area (Å²) in [5.74, 6) is 0.440. The molecule has 1 aliphatic rings. The fourth-order valence-electron chi connectivity index (χ4n) is 2.65. The van der Waals surface area contributed by atoms with Gasteiger partial charge in [0.15, 0.2) is 0 Å². The van der Waals surface area contributed by atoms with E-state index in [9.17, 15) is 10.1 Å². The van der Waals surface area contributed by atoms with Gasteiger partial charge in [0.2, 0.25) is 11.7 Å². The molecule has 3 rings (SSSR count). The molecule has 1 heterocycles. The number of carbonyl (C=O) groups excluding carboxylic acids is 1. The van der Waals surface area contributed by atoms with E-state index in [1.165, 1.54) is 10.4 Å². The molecule has 1 N–H and O–H groups in total. The van der Waals surface area contributed by atoms with Gasteiger partial charge in [0.25, 0.3) is 0 Å². The minimum absolute atomic E-state index is 0.0516. The van der Waals surface area contributed by atoms with E-state index in [2.05, 4.69) is 33.7 Å². The molecular weight excluding hydrogens is 304 g/mol. The van der Waals surface area contributed by atoms with Crippen LogP contribution in [0.15, 0.2) is 24.3 Å². The number of nitrogens with one attached hydrogen (secondary N) is 1. The van der Waals surface area contributed by atoms with Gasteiger partial charge in [-0.2, -0.15) is 10.1 Å². The number of aryl methyl sites for hydroxylation is 1. The monoisotopic (exact) mass is 324 g/mol. The Labute approximate surface area is 140 Å². The van der Waals surface area contributed by atoms with Gasteiger partial charge in [-0.3, -0.25) is 4.79 Å². The van der Waals surface area contributed by atoms with Crippen molar-refractivity contribution in [1.29, 1.82) is 5.26 Å². The van der Waals surface area contributed by atoms with Crippen molar-refractivity contribution >= 4 is 5.91 Å². The summed E-state index contributed by atoms with van der Waals surface area (Å²) in [7, 11) is 0. The molecule has 1 aliphatic carbocycles. The average Bonchev–Trinajstić information content (AvgIpc) is 3.36. The molecule has 0 spiro atoms. The number of hydrogen-bond acceptors (Lipinski definition) is 5. The van der Waals surface area contributed by atoms with Crippen molar-refractivity contribution in [3.05, 3.63) is 29.8 Å². The van der Waals surface area contributed by atoms with E-state index >= 15 is 0 Å². The molecule has 24 heavy (non-hydrogen) atoms. The molecule has 1 saturated carbocycles. The molecule has 7 nitrogen and oxygen atoms in total. The van der Waals surface area contributed by atoms with Crippen LogP contribution in [0.1, 0.15) is 32.3 Å². The average molecular weight is 324 g/mol. The van der Waals surface area contributed by atoms with E-state index in [4.69, 9.17) is 0 Å². The number of hydrogen-bond donors (Lipinski definition) is 1. The lowest BCUT2D eigenvalue weighted by Gasteiger charge is -2.22. The summed E-state index contributed by atoms with van der Waals surface area (Å²) in [6.45, 7) is 3.81. The second-order valence-electron chi connectivity index (χ2n) is 6.33. The maximum Gasteiger partial charge on any atom is 0.244 e. The van der Waals surface area contributed by atoms with Crippen molar-refractivity contribution < 1.29 is 4.79 Å². The number of carbonyl (C=O) groups is 1. The van der Waals surface area contributed by atoms with Crippen LogP contribution in [0.3, 0.4) is 0 Å². The first kappa shape index (κ1) is 16.1. The van der Waals surface area contributed by atoms with Crippen molar-refractivity contribution in [2.45, 2.75) is 45.2 Å². The molecule has 1 amide bonds. The van der Waals surface area contributed by atoms with Crippen LogP contribution in [-0.4, -0.2) is 31.7 Å². The molecule has 0 bridgehead atoms. The molecule has 1 aromatic heterocycles. The minimum atomic E-state index is -0.809. The molecule has 1 fully saturated rings. The number of nitriles is 1. The van der Waals surface area contributed by atoms with Gasteiger partial charge in [-0.1, -0.05) is 31.2 Å². The Morgan fingerprint density at radius 3 is 2.71 bits per heavy atom. The summed E-state index contributed by atoms with van der Waals surface area (Å²) in [4.78, 5) is 13.4. The largest absolute Gasteiger partial charge is 0.336 e. The highest BCUT2D eigenvalue weighted by Gasteiger charge is 2.43. The molecule has 0 unspecified atom stereocenters. The summed E-state index contributed by atoms with van der Waals surface area (Å²) in [6.07, 6.45) is 2.92. The van der Waals surface area contributed by atoms with Gasteiger partial charge in [-0.05, 0) is 42.9 Å². The van der Waals surface area contributed by atoms with Crippen LogP contribution in [0.4, 0.5) is 0 Å². The first-order valence-corrected chi connectivity index (χ1v) is 8.13. The van der Waals surface area contributed by atoms with Crippen molar-refractivity contribution in [3.8, 4) is 17.5 Å². The highest BCUT2D eigenvalue weighted by Crippen LogP contribution is 2.39. The van der Waals surface area contributed by atoms with Crippen molar-refractivity contribution in [2.24, 2.45) is 5.92 Å². The zero-order chi connectivity index (χ0) is 17.2. The molecule has 0 aliphatic heterocycles. The van der Waals surface area contributed by atoms with Crippen LogP contribution in [-0.2, 0) is 17.8 Å². The molecule has 1 aromatic carbocycles. The van der Waals surface area contributed by atoms with Crippen LogP contribution in [0.2, 0.25) is 0 Å². The van der Waals surface area contributed by atoms with E-state index in [1.54, 1.807) is 6.92 Å². The zero-order valence-corrected chi connectivity index (χ0v) is 13.9. The predicted octanol–water partition coefficient (Wildman–Crippen LogP) is 1.71. The van der Waals surface area contributed by atoms with E-state index < -0.39 is 5.54 Å². The summed E-state index contributed by atoms with van der Waals surface area (Å²) < 4.78 is 0. The lowest BCUT2D eigenvalue weighted by Crippen LogP contribution is -2.48. The van der Waals surface area contributed by atoms with Gasteiger partial charge in [0.05, 0.1) is 6.07 Å². The Hall–Kier alpha value is -2.75. The number of tetrazole rings is 1. The number of nitrogens with zero attached hydrogens (tertiary/aromatic N) is 5. The van der Waals surface area contributed by atoms with E-state index in [0.717, 1.165) is 24.8 Å². The summed E-state index contributed by atoms with van der Waals surface area (Å²) in [6, 6.07) is 10.1. The quantitative estimate of drug-likeness (QED) is 0.872. The van der Waals surface area contributed by atoms with Crippen LogP contribution >= 0.6 is 0 Å².